The average Bonchev–Trinajstić information content (AvgIpc) is 2.38. The van der Waals surface area contributed by atoms with Gasteiger partial charge in [-0.3, -0.25) is 0 Å². The van der Waals surface area contributed by atoms with Crippen LogP contribution in [0, 0.1) is 5.82 Å². The smallest absolute Gasteiger partial charge is 0.403 e. The van der Waals surface area contributed by atoms with Crippen molar-refractivity contribution >= 4 is 15.4 Å². The second-order valence-corrected chi connectivity index (χ2v) is 8.22. The van der Waals surface area contributed by atoms with E-state index in [1.807, 2.05) is 0 Å². The van der Waals surface area contributed by atoms with Crippen LogP contribution in [0.1, 0.15) is 31.2 Å². The van der Waals surface area contributed by atoms with Gasteiger partial charge in [-0.2, -0.15) is 0 Å². The summed E-state index contributed by atoms with van der Waals surface area (Å²) in [7, 11) is -3.19. The highest BCUT2D eigenvalue weighted by Crippen LogP contribution is 2.40. The number of ether oxygens (including phenoxy) is 1. The van der Waals surface area contributed by atoms with Gasteiger partial charge in [0, 0.05) is 0 Å². The van der Waals surface area contributed by atoms with Crippen molar-refractivity contribution in [2.75, 3.05) is 0 Å². The van der Waals surface area contributed by atoms with Gasteiger partial charge in [-0.15, -0.1) is 13.2 Å². The maximum Gasteiger partial charge on any atom is 0.573 e. The van der Waals surface area contributed by atoms with Crippen LogP contribution in [0.2, 0.25) is 0 Å². The molecule has 2 unspecified atom stereocenters. The molecule has 126 valence electrons. The molecule has 2 atom stereocenters. The van der Waals surface area contributed by atoms with E-state index in [4.69, 9.17) is 0 Å². The zero-order chi connectivity index (χ0) is 16.8. The van der Waals surface area contributed by atoms with E-state index in [2.05, 4.69) is 4.74 Å². The van der Waals surface area contributed by atoms with E-state index in [-0.39, 0.29) is 6.42 Å². The van der Waals surface area contributed by atoms with Crippen molar-refractivity contribution in [1.82, 2.24) is 0 Å². The van der Waals surface area contributed by atoms with Crippen molar-refractivity contribution in [3.8, 4) is 5.75 Å². The standard InChI is InChI=1S/C15H14F4O3S/c16-13-8-9(4-5-14(13)22-15(17,18)19)10-6-11-2-1-3-12(7-10)23(11,20)21/h4-6,8,11-12H,1-3,7H2. The molecule has 0 spiro atoms. The second kappa shape index (κ2) is 5.51. The summed E-state index contributed by atoms with van der Waals surface area (Å²) < 4.78 is 78.2. The van der Waals surface area contributed by atoms with Crippen LogP contribution in [-0.4, -0.2) is 25.3 Å². The molecule has 8 heteroatoms. The highest BCUT2D eigenvalue weighted by Gasteiger charge is 2.40. The summed E-state index contributed by atoms with van der Waals surface area (Å²) in [5.41, 5.74) is 1.05. The first-order chi connectivity index (χ1) is 10.7. The number of benzene rings is 1. The molecular weight excluding hydrogens is 336 g/mol. The number of halogens is 4. The summed E-state index contributed by atoms with van der Waals surface area (Å²) in [6.07, 6.45) is -1.18. The molecule has 2 aliphatic rings. The van der Waals surface area contributed by atoms with Gasteiger partial charge in [0.25, 0.3) is 0 Å². The van der Waals surface area contributed by atoms with Crippen LogP contribution in [0.3, 0.4) is 0 Å². The van der Waals surface area contributed by atoms with E-state index >= 15 is 0 Å². The van der Waals surface area contributed by atoms with Gasteiger partial charge in [-0.1, -0.05) is 18.6 Å². The van der Waals surface area contributed by atoms with Crippen LogP contribution in [-0.2, 0) is 9.84 Å². The number of hydrogen-bond acceptors (Lipinski definition) is 3. The maximum absolute atomic E-state index is 13.8. The third-order valence-corrected chi connectivity index (χ3v) is 6.81. The second-order valence-electron chi connectivity index (χ2n) is 5.77. The maximum atomic E-state index is 13.8. The predicted octanol–water partition coefficient (Wildman–Crippen LogP) is 3.85. The minimum absolute atomic E-state index is 0.262. The molecule has 0 N–H and O–H groups in total. The van der Waals surface area contributed by atoms with Crippen LogP contribution < -0.4 is 4.74 Å². The third kappa shape index (κ3) is 3.22. The van der Waals surface area contributed by atoms with Crippen LogP contribution in [0.4, 0.5) is 17.6 Å². The molecule has 0 radical (unpaired) electrons. The number of fused-ring (bicyclic) bond motifs is 2. The van der Waals surface area contributed by atoms with Gasteiger partial charge in [0.1, 0.15) is 0 Å². The molecule has 1 saturated heterocycles. The van der Waals surface area contributed by atoms with Crippen molar-refractivity contribution in [3.05, 3.63) is 35.7 Å². The Morgan fingerprint density at radius 2 is 1.91 bits per heavy atom. The lowest BCUT2D eigenvalue weighted by atomic mass is 9.93. The Morgan fingerprint density at radius 3 is 2.52 bits per heavy atom. The third-order valence-electron chi connectivity index (χ3n) is 4.26. The quantitative estimate of drug-likeness (QED) is 0.761. The number of sulfone groups is 1. The summed E-state index contributed by atoms with van der Waals surface area (Å²) in [4.78, 5) is 0. The molecule has 3 rings (SSSR count). The number of hydrogen-bond donors (Lipinski definition) is 0. The lowest BCUT2D eigenvalue weighted by Crippen LogP contribution is -2.38. The largest absolute Gasteiger partial charge is 0.573 e. The molecule has 1 fully saturated rings. The van der Waals surface area contributed by atoms with Crippen LogP contribution in [0.5, 0.6) is 5.75 Å². The van der Waals surface area contributed by atoms with Gasteiger partial charge in [0.05, 0.1) is 10.5 Å². The molecule has 3 nitrogen and oxygen atoms in total. The fourth-order valence-electron chi connectivity index (χ4n) is 3.18. The Bertz CT molecular complexity index is 752. The highest BCUT2D eigenvalue weighted by molar-refractivity contribution is 7.93. The minimum atomic E-state index is -4.96. The van der Waals surface area contributed by atoms with E-state index in [1.54, 1.807) is 6.08 Å². The Labute approximate surface area is 130 Å². The molecule has 2 heterocycles. The van der Waals surface area contributed by atoms with Gasteiger partial charge < -0.3 is 4.74 Å². The predicted molar refractivity (Wildman–Crippen MR) is 76.0 cm³/mol. The zero-order valence-corrected chi connectivity index (χ0v) is 12.8. The summed E-state index contributed by atoms with van der Waals surface area (Å²) in [5, 5.41) is -1.07. The van der Waals surface area contributed by atoms with Crippen molar-refractivity contribution in [1.29, 1.82) is 0 Å². The first-order valence-electron chi connectivity index (χ1n) is 7.16. The number of allylic oxidation sites excluding steroid dienone is 1. The van der Waals surface area contributed by atoms with Crippen molar-refractivity contribution in [2.24, 2.45) is 0 Å². The molecule has 0 aliphatic carbocycles. The molecule has 0 aromatic heterocycles. The van der Waals surface area contributed by atoms with E-state index in [9.17, 15) is 26.0 Å². The lowest BCUT2D eigenvalue weighted by molar-refractivity contribution is -0.275. The summed E-state index contributed by atoms with van der Waals surface area (Å²) in [6, 6.07) is 3.20. The first-order valence-corrected chi connectivity index (χ1v) is 8.77. The van der Waals surface area contributed by atoms with E-state index in [0.717, 1.165) is 18.6 Å². The van der Waals surface area contributed by atoms with E-state index in [0.29, 0.717) is 24.0 Å². The normalized spacial score (nSPS) is 26.5. The lowest BCUT2D eigenvalue weighted by Gasteiger charge is -2.33. The number of rotatable bonds is 2. The molecule has 2 aliphatic heterocycles. The Morgan fingerprint density at radius 1 is 1.17 bits per heavy atom. The molecule has 1 aromatic carbocycles. The molecule has 0 amide bonds. The van der Waals surface area contributed by atoms with Crippen molar-refractivity contribution in [3.63, 3.8) is 0 Å². The molecule has 0 saturated carbocycles. The topological polar surface area (TPSA) is 43.4 Å². The van der Waals surface area contributed by atoms with E-state index in [1.165, 1.54) is 6.07 Å². The summed E-state index contributed by atoms with van der Waals surface area (Å²) in [6.45, 7) is 0. The van der Waals surface area contributed by atoms with Crippen LogP contribution in [0.25, 0.3) is 5.57 Å². The molecular formula is C15H14F4O3S. The molecule has 23 heavy (non-hydrogen) atoms. The average molecular weight is 350 g/mol. The Balaban J connectivity index is 1.91. The SMILES string of the molecule is O=S1(=O)C2C=C(c3ccc(OC(F)(F)F)c(F)c3)CC1CCC2. The van der Waals surface area contributed by atoms with Crippen molar-refractivity contribution < 1.29 is 30.7 Å². The van der Waals surface area contributed by atoms with Crippen LogP contribution in [0.15, 0.2) is 24.3 Å². The summed E-state index contributed by atoms with van der Waals surface area (Å²) >= 11 is 0. The van der Waals surface area contributed by atoms with Gasteiger partial charge in [0.15, 0.2) is 21.4 Å². The number of alkyl halides is 3. The van der Waals surface area contributed by atoms with Gasteiger partial charge in [0.2, 0.25) is 0 Å². The monoisotopic (exact) mass is 350 g/mol. The summed E-state index contributed by atoms with van der Waals surface area (Å²) in [5.74, 6) is -2.02. The van der Waals surface area contributed by atoms with Crippen LogP contribution >= 0.6 is 0 Å². The first kappa shape index (κ1) is 16.3. The van der Waals surface area contributed by atoms with E-state index < -0.39 is 38.3 Å². The van der Waals surface area contributed by atoms with Gasteiger partial charge in [-0.05, 0) is 42.5 Å². The highest BCUT2D eigenvalue weighted by atomic mass is 32.2. The molecule has 1 aromatic rings. The zero-order valence-electron chi connectivity index (χ0n) is 11.9. The fraction of sp³-hybridized carbons (Fsp3) is 0.467. The molecule has 2 bridgehead atoms. The Hall–Kier alpha value is -1.57. The fourth-order valence-corrected chi connectivity index (χ4v) is 5.43. The van der Waals surface area contributed by atoms with Gasteiger partial charge >= 0.3 is 6.36 Å². The van der Waals surface area contributed by atoms with Crippen molar-refractivity contribution in [2.45, 2.75) is 42.5 Å². The minimum Gasteiger partial charge on any atom is -0.403 e. The van der Waals surface area contributed by atoms with Gasteiger partial charge in [-0.25, -0.2) is 12.8 Å². The Kier molecular flexibility index (Phi) is 3.90.